The summed E-state index contributed by atoms with van der Waals surface area (Å²) >= 11 is 0. The van der Waals surface area contributed by atoms with Crippen LogP contribution >= 0.6 is 0 Å². The highest BCUT2D eigenvalue weighted by atomic mass is 16.2. The number of hydrogen-bond donors (Lipinski definition) is 1. The van der Waals surface area contributed by atoms with Gasteiger partial charge in [-0.05, 0) is 49.9 Å². The Balaban J connectivity index is 1.61. The van der Waals surface area contributed by atoms with Crippen LogP contribution in [0.2, 0.25) is 0 Å². The van der Waals surface area contributed by atoms with Crippen LogP contribution in [0.1, 0.15) is 27.9 Å². The number of aromatic nitrogens is 2. The van der Waals surface area contributed by atoms with E-state index >= 15 is 0 Å². The van der Waals surface area contributed by atoms with Crippen molar-refractivity contribution in [3.05, 3.63) is 86.8 Å². The summed E-state index contributed by atoms with van der Waals surface area (Å²) in [5.74, 6) is 0.304. The number of fused-ring (bicyclic) bond motifs is 1. The Bertz CT molecular complexity index is 1170. The number of aryl methyl sites for hydroxylation is 3. The Morgan fingerprint density at radius 2 is 1.83 bits per heavy atom. The van der Waals surface area contributed by atoms with Gasteiger partial charge in [-0.25, -0.2) is 4.98 Å². The first-order chi connectivity index (χ1) is 14.4. The fraction of sp³-hybridized carbons (Fsp3) is 0.292. The number of anilines is 2. The molecule has 2 aromatic carbocycles. The monoisotopic (exact) mass is 402 g/mol. The number of nitrogens with one attached hydrogen (secondary N) is 1. The van der Waals surface area contributed by atoms with Gasteiger partial charge in [0.05, 0.1) is 0 Å². The summed E-state index contributed by atoms with van der Waals surface area (Å²) in [6, 6.07) is 15.7. The first kappa shape index (κ1) is 19.9. The maximum atomic E-state index is 12.8. The molecule has 6 nitrogen and oxygen atoms in total. The highest BCUT2D eigenvalue weighted by molar-refractivity contribution is 5.91. The van der Waals surface area contributed by atoms with Crippen molar-refractivity contribution in [3.8, 4) is 0 Å². The summed E-state index contributed by atoms with van der Waals surface area (Å²) in [6.07, 6.45) is 0.884. The van der Waals surface area contributed by atoms with Crippen molar-refractivity contribution in [1.29, 1.82) is 0 Å². The molecule has 30 heavy (non-hydrogen) atoms. The van der Waals surface area contributed by atoms with E-state index in [4.69, 9.17) is 0 Å². The molecule has 3 aromatic rings. The molecule has 1 aliphatic heterocycles. The molecular formula is C24H26N4O2. The summed E-state index contributed by atoms with van der Waals surface area (Å²) in [7, 11) is 0. The number of rotatable bonds is 4. The van der Waals surface area contributed by atoms with E-state index in [1.54, 1.807) is 0 Å². The molecule has 1 amide bonds. The molecule has 154 valence electrons. The molecule has 6 heteroatoms. The van der Waals surface area contributed by atoms with E-state index in [1.807, 2.05) is 51.1 Å². The fourth-order valence-electron chi connectivity index (χ4n) is 3.95. The lowest BCUT2D eigenvalue weighted by molar-refractivity contribution is -0.116. The van der Waals surface area contributed by atoms with Gasteiger partial charge in [-0.15, -0.1) is 0 Å². The van der Waals surface area contributed by atoms with Crippen LogP contribution in [0, 0.1) is 20.8 Å². The fourth-order valence-corrected chi connectivity index (χ4v) is 3.95. The quantitative estimate of drug-likeness (QED) is 0.727. The van der Waals surface area contributed by atoms with E-state index in [0.717, 1.165) is 29.8 Å². The molecule has 0 aliphatic carbocycles. The van der Waals surface area contributed by atoms with Gasteiger partial charge in [0.25, 0.3) is 5.56 Å². The number of carbonyl (C=O) groups excluding carboxylic acids is 1. The maximum absolute atomic E-state index is 12.8. The third-order valence-corrected chi connectivity index (χ3v) is 5.49. The molecule has 4 rings (SSSR count). The van der Waals surface area contributed by atoms with E-state index in [0.29, 0.717) is 18.2 Å². The summed E-state index contributed by atoms with van der Waals surface area (Å²) in [6.45, 7) is 7.13. The molecule has 1 aliphatic rings. The molecule has 2 heterocycles. The third-order valence-electron chi connectivity index (χ3n) is 5.49. The molecule has 0 bridgehead atoms. The number of carbonyl (C=O) groups is 1. The summed E-state index contributed by atoms with van der Waals surface area (Å²) < 4.78 is 1.47. The number of benzene rings is 2. The Labute approximate surface area is 176 Å². The van der Waals surface area contributed by atoms with Crippen LogP contribution in [0.4, 0.5) is 11.6 Å². The molecule has 0 atom stereocenters. The predicted octanol–water partition coefficient (Wildman–Crippen LogP) is 3.37. The highest BCUT2D eigenvalue weighted by Crippen LogP contribution is 2.23. The minimum atomic E-state index is -0.242. The van der Waals surface area contributed by atoms with Crippen LogP contribution in [0.25, 0.3) is 0 Å². The van der Waals surface area contributed by atoms with Crippen molar-refractivity contribution in [1.82, 2.24) is 9.55 Å². The van der Waals surface area contributed by atoms with E-state index in [1.165, 1.54) is 21.8 Å². The van der Waals surface area contributed by atoms with Crippen LogP contribution in [0.5, 0.6) is 0 Å². The lowest BCUT2D eigenvalue weighted by Gasteiger charge is -2.31. The van der Waals surface area contributed by atoms with Crippen molar-refractivity contribution in [2.75, 3.05) is 16.8 Å². The average Bonchev–Trinajstić information content (AvgIpc) is 2.71. The molecule has 1 aromatic heterocycles. The van der Waals surface area contributed by atoms with Crippen LogP contribution in [0.15, 0.2) is 53.3 Å². The standard InChI is InChI=1S/C24H26N4O2/c1-16-8-9-21(17(2)12-16)26-22(29)15-28-23(30)13-18(3)25-24(28)27-11-10-19-6-4-5-7-20(19)14-27/h4-9,12-13H,10-11,14-15H2,1-3H3,(H,26,29). The molecule has 0 fully saturated rings. The number of hydrogen-bond acceptors (Lipinski definition) is 4. The topological polar surface area (TPSA) is 67.2 Å². The molecule has 0 unspecified atom stereocenters. The summed E-state index contributed by atoms with van der Waals surface area (Å²) in [4.78, 5) is 32.3. The zero-order valence-corrected chi connectivity index (χ0v) is 17.6. The second-order valence-corrected chi connectivity index (χ2v) is 7.93. The minimum absolute atomic E-state index is 0.0765. The molecule has 0 saturated carbocycles. The lowest BCUT2D eigenvalue weighted by Crippen LogP contribution is -2.38. The van der Waals surface area contributed by atoms with Crippen LogP contribution < -0.4 is 15.8 Å². The molecular weight excluding hydrogens is 376 g/mol. The van der Waals surface area contributed by atoms with Gasteiger partial charge >= 0.3 is 0 Å². The van der Waals surface area contributed by atoms with E-state index in [9.17, 15) is 9.59 Å². The van der Waals surface area contributed by atoms with Crippen LogP contribution in [0.3, 0.4) is 0 Å². The normalized spacial score (nSPS) is 13.1. The van der Waals surface area contributed by atoms with Crippen molar-refractivity contribution >= 4 is 17.5 Å². The summed E-state index contributed by atoms with van der Waals surface area (Å²) in [5, 5.41) is 2.93. The third kappa shape index (κ3) is 4.13. The predicted molar refractivity (Wildman–Crippen MR) is 119 cm³/mol. The minimum Gasteiger partial charge on any atom is -0.337 e. The van der Waals surface area contributed by atoms with Crippen LogP contribution in [-0.4, -0.2) is 22.0 Å². The van der Waals surface area contributed by atoms with Gasteiger partial charge in [-0.1, -0.05) is 42.0 Å². The molecule has 0 saturated heterocycles. The van der Waals surface area contributed by atoms with E-state index < -0.39 is 0 Å². The zero-order chi connectivity index (χ0) is 21.3. The zero-order valence-electron chi connectivity index (χ0n) is 17.6. The molecule has 0 radical (unpaired) electrons. The van der Waals surface area contributed by atoms with Gasteiger partial charge in [0.1, 0.15) is 6.54 Å². The Morgan fingerprint density at radius 3 is 2.60 bits per heavy atom. The van der Waals surface area contributed by atoms with Crippen molar-refractivity contribution in [3.63, 3.8) is 0 Å². The Morgan fingerprint density at radius 1 is 1.07 bits per heavy atom. The maximum Gasteiger partial charge on any atom is 0.255 e. The van der Waals surface area contributed by atoms with Gasteiger partial charge in [0, 0.05) is 30.5 Å². The van der Waals surface area contributed by atoms with Gasteiger partial charge in [0.15, 0.2) is 0 Å². The van der Waals surface area contributed by atoms with E-state index in [2.05, 4.69) is 27.3 Å². The SMILES string of the molecule is Cc1ccc(NC(=O)Cn2c(N3CCc4ccccc4C3)nc(C)cc2=O)c(C)c1. The second-order valence-electron chi connectivity index (χ2n) is 7.93. The molecule has 1 N–H and O–H groups in total. The van der Waals surface area contributed by atoms with Gasteiger partial charge in [-0.2, -0.15) is 0 Å². The number of amides is 1. The van der Waals surface area contributed by atoms with Crippen LogP contribution in [-0.2, 0) is 24.3 Å². The number of nitrogens with zero attached hydrogens (tertiary/aromatic N) is 3. The highest BCUT2D eigenvalue weighted by Gasteiger charge is 2.22. The molecule has 0 spiro atoms. The van der Waals surface area contributed by atoms with Crippen molar-refractivity contribution < 1.29 is 4.79 Å². The lowest BCUT2D eigenvalue weighted by atomic mass is 10.0. The first-order valence-corrected chi connectivity index (χ1v) is 10.2. The van der Waals surface area contributed by atoms with Crippen molar-refractivity contribution in [2.24, 2.45) is 0 Å². The van der Waals surface area contributed by atoms with Crippen molar-refractivity contribution in [2.45, 2.75) is 40.3 Å². The van der Waals surface area contributed by atoms with E-state index in [-0.39, 0.29) is 18.0 Å². The van der Waals surface area contributed by atoms with Gasteiger partial charge in [0.2, 0.25) is 11.9 Å². The largest absolute Gasteiger partial charge is 0.337 e. The van der Waals surface area contributed by atoms with Gasteiger partial charge in [-0.3, -0.25) is 14.2 Å². The first-order valence-electron chi connectivity index (χ1n) is 10.2. The second kappa shape index (κ2) is 8.14. The Kier molecular flexibility index (Phi) is 5.40. The van der Waals surface area contributed by atoms with Gasteiger partial charge < -0.3 is 10.2 Å². The smallest absolute Gasteiger partial charge is 0.255 e. The Hall–Kier alpha value is -3.41. The average molecular weight is 402 g/mol. The summed E-state index contributed by atoms with van der Waals surface area (Å²) in [5.41, 5.74) is 5.87.